The van der Waals surface area contributed by atoms with E-state index in [0.717, 1.165) is 15.6 Å². The van der Waals surface area contributed by atoms with Crippen LogP contribution in [0.1, 0.15) is 18.1 Å². The first-order valence-electron chi connectivity index (χ1n) is 6.71. The van der Waals surface area contributed by atoms with Crippen LogP contribution in [0.3, 0.4) is 0 Å². The van der Waals surface area contributed by atoms with Gasteiger partial charge in [-0.25, -0.2) is 0 Å². The average molecular weight is 384 g/mol. The monoisotopic (exact) mass is 382 g/mol. The number of nitrogens with zero attached hydrogens (tertiary/aromatic N) is 1. The number of ether oxygens (including phenoxy) is 2. The summed E-state index contributed by atoms with van der Waals surface area (Å²) >= 11 is 9.63. The maximum atomic E-state index is 6.14. The highest BCUT2D eigenvalue weighted by Crippen LogP contribution is 2.37. The number of halogens is 2. The molecule has 6 heteroatoms. The average Bonchev–Trinajstić information content (AvgIpc) is 2.49. The van der Waals surface area contributed by atoms with E-state index in [9.17, 15) is 0 Å². The summed E-state index contributed by atoms with van der Waals surface area (Å²) in [6.45, 7) is 2.79. The Morgan fingerprint density at radius 1 is 1.27 bits per heavy atom. The lowest BCUT2D eigenvalue weighted by Gasteiger charge is -2.15. The molecule has 0 bridgehead atoms. The van der Waals surface area contributed by atoms with Crippen molar-refractivity contribution in [3.8, 4) is 11.5 Å². The van der Waals surface area contributed by atoms with E-state index >= 15 is 0 Å². The van der Waals surface area contributed by atoms with E-state index in [1.807, 2.05) is 43.3 Å². The van der Waals surface area contributed by atoms with E-state index in [1.54, 1.807) is 6.21 Å². The summed E-state index contributed by atoms with van der Waals surface area (Å²) in [5.41, 5.74) is 1.73. The molecule has 0 saturated carbocycles. The quantitative estimate of drug-likeness (QED) is 0.458. The standard InChI is InChI=1S/C16H16BrClN2O2/c1-2-21-15-8-11(9-20-19)7-13(17)16(15)22-10-12-5-3-4-6-14(12)18/h3-9H,2,10,19H2,1H3. The van der Waals surface area contributed by atoms with Gasteiger partial charge in [0.15, 0.2) is 11.5 Å². The second-order valence-corrected chi connectivity index (χ2v) is 5.68. The summed E-state index contributed by atoms with van der Waals surface area (Å²) < 4.78 is 12.3. The number of benzene rings is 2. The fraction of sp³-hybridized carbons (Fsp3) is 0.188. The first kappa shape index (κ1) is 16.6. The zero-order valence-corrected chi connectivity index (χ0v) is 14.4. The van der Waals surface area contributed by atoms with Gasteiger partial charge in [-0.15, -0.1) is 0 Å². The summed E-state index contributed by atoms with van der Waals surface area (Å²) in [6, 6.07) is 11.2. The molecule has 2 aromatic carbocycles. The van der Waals surface area contributed by atoms with Gasteiger partial charge in [-0.2, -0.15) is 5.10 Å². The van der Waals surface area contributed by atoms with Crippen LogP contribution in [0.2, 0.25) is 5.02 Å². The molecule has 0 aromatic heterocycles. The molecule has 22 heavy (non-hydrogen) atoms. The van der Waals surface area contributed by atoms with Crippen LogP contribution in [-0.2, 0) is 6.61 Å². The summed E-state index contributed by atoms with van der Waals surface area (Å²) in [4.78, 5) is 0. The van der Waals surface area contributed by atoms with E-state index in [1.165, 1.54) is 0 Å². The molecule has 0 aliphatic heterocycles. The van der Waals surface area contributed by atoms with Crippen molar-refractivity contribution in [1.29, 1.82) is 0 Å². The molecule has 0 unspecified atom stereocenters. The molecule has 0 radical (unpaired) electrons. The lowest BCUT2D eigenvalue weighted by molar-refractivity contribution is 0.267. The molecule has 0 aliphatic rings. The lowest BCUT2D eigenvalue weighted by atomic mass is 10.2. The van der Waals surface area contributed by atoms with Crippen molar-refractivity contribution < 1.29 is 9.47 Å². The van der Waals surface area contributed by atoms with Crippen molar-refractivity contribution in [3.05, 3.63) is 57.0 Å². The van der Waals surface area contributed by atoms with Crippen LogP contribution in [0.15, 0.2) is 46.0 Å². The third-order valence-corrected chi connectivity index (χ3v) is 3.84. The molecule has 0 aliphatic carbocycles. The Hall–Kier alpha value is -1.72. The van der Waals surface area contributed by atoms with Gasteiger partial charge in [-0.3, -0.25) is 0 Å². The molecule has 4 nitrogen and oxygen atoms in total. The predicted molar refractivity (Wildman–Crippen MR) is 92.9 cm³/mol. The minimum Gasteiger partial charge on any atom is -0.490 e. The summed E-state index contributed by atoms with van der Waals surface area (Å²) in [6.07, 6.45) is 1.55. The van der Waals surface area contributed by atoms with Crippen molar-refractivity contribution in [3.63, 3.8) is 0 Å². The number of hydrazone groups is 1. The second-order valence-electron chi connectivity index (χ2n) is 4.42. The van der Waals surface area contributed by atoms with Crippen LogP contribution in [0.4, 0.5) is 0 Å². The Bertz CT molecular complexity index is 677. The minimum atomic E-state index is 0.350. The molecule has 0 fully saturated rings. The summed E-state index contributed by atoms with van der Waals surface area (Å²) in [5.74, 6) is 6.44. The van der Waals surface area contributed by atoms with Gasteiger partial charge in [-0.05, 0) is 46.6 Å². The number of hydrogen-bond donors (Lipinski definition) is 1. The summed E-state index contributed by atoms with van der Waals surface area (Å²) in [5, 5.41) is 4.19. The van der Waals surface area contributed by atoms with Gasteiger partial charge < -0.3 is 15.3 Å². The Labute approximate surface area is 143 Å². The maximum Gasteiger partial charge on any atom is 0.175 e. The van der Waals surface area contributed by atoms with Gasteiger partial charge in [0, 0.05) is 10.6 Å². The highest BCUT2D eigenvalue weighted by atomic mass is 79.9. The maximum absolute atomic E-state index is 6.14. The van der Waals surface area contributed by atoms with Crippen molar-refractivity contribution in [2.24, 2.45) is 10.9 Å². The second kappa shape index (κ2) is 8.06. The molecular weight excluding hydrogens is 368 g/mol. The Morgan fingerprint density at radius 3 is 2.73 bits per heavy atom. The van der Waals surface area contributed by atoms with Crippen LogP contribution in [-0.4, -0.2) is 12.8 Å². The summed E-state index contributed by atoms with van der Waals surface area (Å²) in [7, 11) is 0. The fourth-order valence-corrected chi connectivity index (χ4v) is 2.68. The number of hydrogen-bond acceptors (Lipinski definition) is 4. The van der Waals surface area contributed by atoms with E-state index in [-0.39, 0.29) is 0 Å². The van der Waals surface area contributed by atoms with Crippen molar-refractivity contribution >= 4 is 33.7 Å². The van der Waals surface area contributed by atoms with Gasteiger partial charge in [0.2, 0.25) is 0 Å². The highest BCUT2D eigenvalue weighted by molar-refractivity contribution is 9.10. The van der Waals surface area contributed by atoms with E-state index < -0.39 is 0 Å². The smallest absolute Gasteiger partial charge is 0.175 e. The molecule has 0 heterocycles. The van der Waals surface area contributed by atoms with Crippen LogP contribution in [0.5, 0.6) is 11.5 Å². The third kappa shape index (κ3) is 4.15. The van der Waals surface area contributed by atoms with E-state index in [4.69, 9.17) is 26.9 Å². The number of nitrogens with two attached hydrogens (primary N) is 1. The van der Waals surface area contributed by atoms with E-state index in [2.05, 4.69) is 21.0 Å². The topological polar surface area (TPSA) is 56.8 Å². The van der Waals surface area contributed by atoms with E-state index in [0.29, 0.717) is 29.7 Å². The van der Waals surface area contributed by atoms with Gasteiger partial charge in [0.05, 0.1) is 17.3 Å². The van der Waals surface area contributed by atoms with Gasteiger partial charge >= 0.3 is 0 Å². The molecule has 0 saturated heterocycles. The fourth-order valence-electron chi connectivity index (χ4n) is 1.92. The van der Waals surface area contributed by atoms with Gasteiger partial charge in [0.1, 0.15) is 6.61 Å². The molecular formula is C16H16BrClN2O2. The van der Waals surface area contributed by atoms with Crippen LogP contribution >= 0.6 is 27.5 Å². The molecule has 2 aromatic rings. The normalized spacial score (nSPS) is 10.9. The molecule has 2 rings (SSSR count). The van der Waals surface area contributed by atoms with Crippen LogP contribution in [0, 0.1) is 0 Å². The van der Waals surface area contributed by atoms with Crippen molar-refractivity contribution in [1.82, 2.24) is 0 Å². The molecule has 0 atom stereocenters. The first-order valence-corrected chi connectivity index (χ1v) is 7.88. The first-order chi connectivity index (χ1) is 10.7. The zero-order valence-electron chi connectivity index (χ0n) is 12.1. The van der Waals surface area contributed by atoms with Crippen LogP contribution in [0.25, 0.3) is 0 Å². The van der Waals surface area contributed by atoms with Crippen LogP contribution < -0.4 is 15.3 Å². The van der Waals surface area contributed by atoms with Crippen molar-refractivity contribution in [2.45, 2.75) is 13.5 Å². The molecule has 0 amide bonds. The molecule has 0 spiro atoms. The lowest BCUT2D eigenvalue weighted by Crippen LogP contribution is -2.02. The Morgan fingerprint density at radius 2 is 2.05 bits per heavy atom. The largest absolute Gasteiger partial charge is 0.490 e. The SMILES string of the molecule is CCOc1cc(C=NN)cc(Br)c1OCc1ccccc1Cl. The molecule has 2 N–H and O–H groups in total. The Balaban J connectivity index is 2.27. The number of rotatable bonds is 6. The Kier molecular flexibility index (Phi) is 6.10. The van der Waals surface area contributed by atoms with Crippen molar-refractivity contribution in [2.75, 3.05) is 6.61 Å². The molecule has 116 valence electrons. The van der Waals surface area contributed by atoms with Gasteiger partial charge in [0.25, 0.3) is 0 Å². The zero-order chi connectivity index (χ0) is 15.9. The predicted octanol–water partition coefficient (Wildman–Crippen LogP) is 4.37. The third-order valence-electron chi connectivity index (χ3n) is 2.89. The van der Waals surface area contributed by atoms with Gasteiger partial charge in [-0.1, -0.05) is 29.8 Å². The highest BCUT2D eigenvalue weighted by Gasteiger charge is 2.12. The minimum absolute atomic E-state index is 0.350.